The van der Waals surface area contributed by atoms with Gasteiger partial charge in [-0.25, -0.2) is 8.42 Å². The van der Waals surface area contributed by atoms with Crippen molar-refractivity contribution >= 4 is 21.8 Å². The molecule has 4 rings (SSSR count). The number of benzene rings is 1. The van der Waals surface area contributed by atoms with Crippen LogP contribution in [0.5, 0.6) is 0 Å². The minimum Gasteiger partial charge on any atom is -0.344 e. The summed E-state index contributed by atoms with van der Waals surface area (Å²) < 4.78 is 32.1. The molecule has 3 heterocycles. The smallest absolute Gasteiger partial charge is 0.263 e. The Labute approximate surface area is 185 Å². The summed E-state index contributed by atoms with van der Waals surface area (Å²) in [6.45, 7) is 3.99. The molecule has 0 radical (unpaired) electrons. The fraction of sp³-hybridized carbons (Fsp3) is 0.286. The molecule has 1 amide bonds. The maximum Gasteiger partial charge on any atom is 0.263 e. The highest BCUT2D eigenvalue weighted by molar-refractivity contribution is 7.90. The fourth-order valence-corrected chi connectivity index (χ4v) is 4.50. The van der Waals surface area contributed by atoms with Crippen LogP contribution in [0.2, 0.25) is 0 Å². The van der Waals surface area contributed by atoms with Crippen LogP contribution in [0.4, 0.5) is 0 Å². The Bertz CT molecular complexity index is 1250. The lowest BCUT2D eigenvalue weighted by molar-refractivity contribution is -0.122. The Kier molecular flexibility index (Phi) is 5.99. The zero-order valence-corrected chi connectivity index (χ0v) is 18.3. The van der Waals surface area contributed by atoms with Crippen LogP contribution in [-0.4, -0.2) is 41.8 Å². The topological polar surface area (TPSA) is 139 Å². The zero-order valence-electron chi connectivity index (χ0n) is 17.5. The third-order valence-corrected chi connectivity index (χ3v) is 6.28. The van der Waals surface area contributed by atoms with Crippen molar-refractivity contribution in [3.8, 4) is 11.4 Å². The summed E-state index contributed by atoms with van der Waals surface area (Å²) in [5.74, 6) is 0.679. The zero-order chi connectivity index (χ0) is 22.7. The molecule has 0 saturated heterocycles. The number of amides is 1. The molecule has 0 fully saturated rings. The van der Waals surface area contributed by atoms with Crippen molar-refractivity contribution in [2.45, 2.75) is 31.2 Å². The van der Waals surface area contributed by atoms with E-state index in [1.165, 1.54) is 6.07 Å². The van der Waals surface area contributed by atoms with Gasteiger partial charge in [0, 0.05) is 29.9 Å². The van der Waals surface area contributed by atoms with Gasteiger partial charge in [0.25, 0.3) is 10.0 Å². The van der Waals surface area contributed by atoms with Crippen molar-refractivity contribution in [3.05, 3.63) is 60.2 Å². The van der Waals surface area contributed by atoms with Crippen molar-refractivity contribution in [3.63, 3.8) is 0 Å². The van der Waals surface area contributed by atoms with Crippen LogP contribution in [0.1, 0.15) is 37.8 Å². The average Bonchev–Trinajstić information content (AvgIpc) is 3.36. The lowest BCUT2D eigenvalue weighted by Crippen LogP contribution is -2.32. The molecular formula is C21H22N6O4S. The van der Waals surface area contributed by atoms with Crippen molar-refractivity contribution in [2.75, 3.05) is 6.54 Å². The van der Waals surface area contributed by atoms with Crippen molar-refractivity contribution in [1.82, 2.24) is 25.2 Å². The molecule has 0 spiro atoms. The van der Waals surface area contributed by atoms with Crippen LogP contribution in [-0.2, 0) is 14.8 Å². The first-order chi connectivity index (χ1) is 15.3. The number of sulfonamides is 1. The Morgan fingerprint density at radius 3 is 2.78 bits per heavy atom. The van der Waals surface area contributed by atoms with Crippen LogP contribution >= 0.6 is 0 Å². The van der Waals surface area contributed by atoms with Gasteiger partial charge in [0.1, 0.15) is 11.9 Å². The van der Waals surface area contributed by atoms with E-state index < -0.39 is 16.1 Å². The van der Waals surface area contributed by atoms with Gasteiger partial charge >= 0.3 is 0 Å². The number of carbonyl (C=O) groups excluding carboxylic acids is 1. The highest BCUT2D eigenvalue weighted by Gasteiger charge is 2.30. The monoisotopic (exact) mass is 454 g/mol. The summed E-state index contributed by atoms with van der Waals surface area (Å²) in [5, 5.41) is 6.88. The third kappa shape index (κ3) is 4.52. The molecule has 1 unspecified atom stereocenters. The van der Waals surface area contributed by atoms with Crippen LogP contribution in [0, 0.1) is 5.92 Å². The van der Waals surface area contributed by atoms with E-state index in [4.69, 9.17) is 4.52 Å². The minimum atomic E-state index is -3.61. The number of amidine groups is 1. The molecule has 2 aromatic heterocycles. The number of aromatic nitrogens is 3. The van der Waals surface area contributed by atoms with E-state index in [2.05, 4.69) is 30.2 Å². The largest absolute Gasteiger partial charge is 0.344 e. The minimum absolute atomic E-state index is 0.000908. The van der Waals surface area contributed by atoms with Crippen molar-refractivity contribution in [2.24, 2.45) is 10.9 Å². The predicted octanol–water partition coefficient (Wildman–Crippen LogP) is 2.07. The van der Waals surface area contributed by atoms with Gasteiger partial charge in [-0.1, -0.05) is 31.1 Å². The summed E-state index contributed by atoms with van der Waals surface area (Å²) >= 11 is 0. The maximum absolute atomic E-state index is 12.5. The summed E-state index contributed by atoms with van der Waals surface area (Å²) in [5.41, 5.74) is 1.22. The number of nitrogens with zero attached hydrogens (tertiary/aromatic N) is 4. The number of rotatable bonds is 7. The Hall–Kier alpha value is -3.60. The lowest BCUT2D eigenvalue weighted by Gasteiger charge is -2.18. The normalized spacial score (nSPS) is 16.5. The Balaban J connectivity index is 1.41. The second kappa shape index (κ2) is 8.87. The molecule has 166 valence electrons. The van der Waals surface area contributed by atoms with E-state index >= 15 is 0 Å². The molecule has 11 heteroatoms. The van der Waals surface area contributed by atoms with E-state index in [0.29, 0.717) is 22.8 Å². The van der Waals surface area contributed by atoms with E-state index in [0.717, 1.165) is 0 Å². The second-order valence-electron chi connectivity index (χ2n) is 7.57. The molecule has 3 aromatic rings. The first-order valence-electron chi connectivity index (χ1n) is 10.0. The highest BCUT2D eigenvalue weighted by Crippen LogP contribution is 2.24. The van der Waals surface area contributed by atoms with Gasteiger partial charge in [0.2, 0.25) is 17.6 Å². The quantitative estimate of drug-likeness (QED) is 0.557. The summed E-state index contributed by atoms with van der Waals surface area (Å²) in [6, 6.07) is 9.70. The average molecular weight is 455 g/mol. The fourth-order valence-electron chi connectivity index (χ4n) is 3.25. The second-order valence-corrected chi connectivity index (χ2v) is 9.22. The number of nitrogens with one attached hydrogen (secondary N) is 2. The van der Waals surface area contributed by atoms with Gasteiger partial charge in [-0.2, -0.15) is 4.98 Å². The summed E-state index contributed by atoms with van der Waals surface area (Å²) in [6.07, 6.45) is 3.35. The van der Waals surface area contributed by atoms with Gasteiger partial charge < -0.3 is 9.84 Å². The van der Waals surface area contributed by atoms with Gasteiger partial charge in [0.05, 0.1) is 11.4 Å². The number of hydrogen-bond acceptors (Lipinski definition) is 8. The van der Waals surface area contributed by atoms with Crippen LogP contribution < -0.4 is 10.0 Å². The van der Waals surface area contributed by atoms with E-state index in [1.807, 2.05) is 19.9 Å². The number of pyridine rings is 1. The molecule has 1 aromatic carbocycles. The van der Waals surface area contributed by atoms with Crippen LogP contribution in [0.15, 0.2) is 63.2 Å². The molecule has 1 aliphatic heterocycles. The molecule has 0 saturated carbocycles. The molecule has 1 atom stereocenters. The first kappa shape index (κ1) is 21.6. The highest BCUT2D eigenvalue weighted by atomic mass is 32.2. The van der Waals surface area contributed by atoms with E-state index in [9.17, 15) is 13.2 Å². The van der Waals surface area contributed by atoms with Gasteiger partial charge in [0.15, 0.2) is 0 Å². The van der Waals surface area contributed by atoms with Gasteiger partial charge in [-0.05, 0) is 30.2 Å². The Morgan fingerprint density at radius 1 is 1.22 bits per heavy atom. The number of carbonyl (C=O) groups is 1. The number of fused-ring (bicyclic) bond motifs is 1. The van der Waals surface area contributed by atoms with E-state index in [1.54, 1.807) is 36.7 Å². The molecule has 0 bridgehead atoms. The van der Waals surface area contributed by atoms with Gasteiger partial charge in [-0.15, -0.1) is 0 Å². The van der Waals surface area contributed by atoms with Crippen molar-refractivity contribution in [1.29, 1.82) is 0 Å². The Morgan fingerprint density at radius 2 is 2.03 bits per heavy atom. The summed E-state index contributed by atoms with van der Waals surface area (Å²) in [7, 11) is -3.61. The summed E-state index contributed by atoms with van der Waals surface area (Å²) in [4.78, 5) is 25.4. The SMILES string of the molecule is CC(C)C(NC(=O)CCN=C1NS(=O)(=O)c2ccccc21)c1nc(-c2cccnc2)no1. The standard InChI is InChI=1S/C21H22N6O4S/c1-13(2)18(21-25-19(26-31-21)14-6-5-10-22-12-14)24-17(28)9-11-23-20-15-7-3-4-8-16(15)32(29,30)27-20/h3-8,10,12-13,18H,9,11H2,1-2H3,(H,23,27)(H,24,28). The molecule has 0 aliphatic carbocycles. The predicted molar refractivity (Wildman–Crippen MR) is 116 cm³/mol. The van der Waals surface area contributed by atoms with Gasteiger partial charge in [-0.3, -0.25) is 19.5 Å². The number of aliphatic imine (C=N–C) groups is 1. The third-order valence-electron chi connectivity index (χ3n) is 4.88. The maximum atomic E-state index is 12.5. The molecular weight excluding hydrogens is 432 g/mol. The first-order valence-corrected chi connectivity index (χ1v) is 11.5. The molecule has 10 nitrogen and oxygen atoms in total. The molecule has 2 N–H and O–H groups in total. The van der Waals surface area contributed by atoms with Crippen molar-refractivity contribution < 1.29 is 17.7 Å². The van der Waals surface area contributed by atoms with Crippen LogP contribution in [0.3, 0.4) is 0 Å². The van der Waals surface area contributed by atoms with E-state index in [-0.39, 0.29) is 35.5 Å². The molecule has 1 aliphatic rings. The molecule has 32 heavy (non-hydrogen) atoms. The number of hydrogen-bond donors (Lipinski definition) is 2. The lowest BCUT2D eigenvalue weighted by atomic mass is 10.0. The van der Waals surface area contributed by atoms with Crippen LogP contribution in [0.25, 0.3) is 11.4 Å².